The van der Waals surface area contributed by atoms with Crippen LogP contribution in [0.25, 0.3) is 0 Å². The fraction of sp³-hybridized carbons (Fsp3) is 0.200. The van der Waals surface area contributed by atoms with E-state index in [1.165, 1.54) is 18.7 Å². The van der Waals surface area contributed by atoms with E-state index < -0.39 is 13.8 Å². The maximum absolute atomic E-state index is 11.0. The first-order valence-electron chi connectivity index (χ1n) is 3.10. The van der Waals surface area contributed by atoms with Gasteiger partial charge in [0.05, 0.1) is 19.0 Å². The van der Waals surface area contributed by atoms with Crippen LogP contribution in [-0.2, 0) is 4.57 Å². The molecule has 0 amide bonds. The van der Waals surface area contributed by atoms with Gasteiger partial charge in [0, 0.05) is 6.20 Å². The molecular weight excluding hydrogens is 183 g/mol. The van der Waals surface area contributed by atoms with Crippen LogP contribution in [0.1, 0.15) is 0 Å². The van der Waals surface area contributed by atoms with Crippen LogP contribution in [0.3, 0.4) is 0 Å². The molecule has 1 atom stereocenters. The van der Waals surface area contributed by atoms with Gasteiger partial charge in [-0.3, -0.25) is 0 Å². The van der Waals surface area contributed by atoms with E-state index in [4.69, 9.17) is 10.00 Å². The highest BCUT2D eigenvalue weighted by Crippen LogP contribution is 2.37. The van der Waals surface area contributed by atoms with Crippen LogP contribution in [0.15, 0.2) is 18.7 Å². The van der Waals surface area contributed by atoms with Crippen LogP contribution < -0.4 is 4.62 Å². The van der Waals surface area contributed by atoms with Gasteiger partial charge >= 0.3 is 7.60 Å². The largest absolute Gasteiger partial charge is 0.398 e. The van der Waals surface area contributed by atoms with E-state index in [2.05, 4.69) is 9.61 Å². The summed E-state index contributed by atoms with van der Waals surface area (Å²) in [5, 5.41) is 8.27. The summed E-state index contributed by atoms with van der Waals surface area (Å²) in [6, 6.07) is 0. The molecule has 0 aliphatic carbocycles. The smallest absolute Gasteiger partial charge is 0.390 e. The zero-order chi connectivity index (χ0) is 9.03. The number of imidazole rings is 1. The third-order valence-corrected chi connectivity index (χ3v) is 2.08. The molecule has 1 unspecified atom stereocenters. The summed E-state index contributed by atoms with van der Waals surface area (Å²) in [5.41, 5.74) is 0. The molecule has 1 radical (unpaired) electrons. The molecular formula is C5H8N2O4P. The van der Waals surface area contributed by atoms with Crippen molar-refractivity contribution < 1.29 is 19.2 Å². The molecule has 6 nitrogen and oxygen atoms in total. The zero-order valence-electron chi connectivity index (χ0n) is 6.07. The van der Waals surface area contributed by atoms with Crippen molar-refractivity contribution in [3.8, 4) is 0 Å². The van der Waals surface area contributed by atoms with Crippen molar-refractivity contribution in [2.75, 3.05) is 6.16 Å². The van der Waals surface area contributed by atoms with Crippen LogP contribution in [0.5, 0.6) is 0 Å². The van der Waals surface area contributed by atoms with Crippen molar-refractivity contribution >= 4 is 7.60 Å². The average Bonchev–Trinajstić information content (AvgIpc) is 2.38. The van der Waals surface area contributed by atoms with Gasteiger partial charge in [-0.15, -0.1) is 0 Å². The predicted octanol–water partition coefficient (Wildman–Crippen LogP) is 0.0314. The van der Waals surface area contributed by atoms with Gasteiger partial charge in [0.1, 0.15) is 6.33 Å². The summed E-state index contributed by atoms with van der Waals surface area (Å²) in [5.74, 6) is 0. The summed E-state index contributed by atoms with van der Waals surface area (Å²) >= 11 is 0. The van der Waals surface area contributed by atoms with Crippen LogP contribution in [0, 0.1) is 6.61 Å². The van der Waals surface area contributed by atoms with Crippen LogP contribution >= 0.6 is 7.60 Å². The first kappa shape index (κ1) is 9.25. The molecule has 12 heavy (non-hydrogen) atoms. The van der Waals surface area contributed by atoms with Gasteiger partial charge in [-0.2, -0.15) is 4.73 Å². The van der Waals surface area contributed by atoms with Crippen molar-refractivity contribution in [3.63, 3.8) is 0 Å². The standard InChI is InChI=1S/C5H8N2O4P/c8-3-4-12(9,10)11-7-2-1-6-5-7/h1-3,5,8H,4H2,(H,9,10). The third kappa shape index (κ3) is 2.65. The predicted molar refractivity (Wildman–Crippen MR) is 39.7 cm³/mol. The molecule has 1 heterocycles. The fourth-order valence-corrected chi connectivity index (χ4v) is 1.24. The quantitative estimate of drug-likeness (QED) is 0.656. The summed E-state index contributed by atoms with van der Waals surface area (Å²) in [6.45, 7) is 0.581. The van der Waals surface area contributed by atoms with Gasteiger partial charge in [0.2, 0.25) is 0 Å². The number of rotatable bonds is 4. The van der Waals surface area contributed by atoms with Gasteiger partial charge in [0.25, 0.3) is 0 Å². The van der Waals surface area contributed by atoms with Gasteiger partial charge in [-0.25, -0.2) is 9.55 Å². The maximum atomic E-state index is 11.0. The minimum atomic E-state index is -3.76. The SMILES string of the molecule is O=P(O)(C[CH]O)On1ccnc1. The Hall–Kier alpha value is -0.840. The third-order valence-electron chi connectivity index (χ3n) is 1.01. The number of aliphatic hydroxyl groups excluding tert-OH is 1. The van der Waals surface area contributed by atoms with Gasteiger partial charge in [0.15, 0.2) is 0 Å². The van der Waals surface area contributed by atoms with E-state index in [1.54, 1.807) is 0 Å². The number of nitrogens with zero attached hydrogens (tertiary/aromatic N) is 2. The Kier molecular flexibility index (Phi) is 2.86. The minimum absolute atomic E-state index is 0.412. The number of aliphatic hydroxyl groups is 1. The Balaban J connectivity index is 2.56. The Morgan fingerprint density at radius 2 is 2.50 bits per heavy atom. The second kappa shape index (κ2) is 3.71. The first-order chi connectivity index (χ1) is 5.64. The van der Waals surface area contributed by atoms with Crippen LogP contribution in [-0.4, -0.2) is 25.9 Å². The molecule has 2 N–H and O–H groups in total. The second-order valence-electron chi connectivity index (χ2n) is 2.01. The Bertz CT molecular complexity index is 273. The minimum Gasteiger partial charge on any atom is -0.390 e. The molecule has 0 bridgehead atoms. The highest BCUT2D eigenvalue weighted by Gasteiger charge is 2.20. The number of hydrogen-bond acceptors (Lipinski definition) is 4. The molecule has 1 rings (SSSR count). The zero-order valence-corrected chi connectivity index (χ0v) is 6.96. The van der Waals surface area contributed by atoms with E-state index >= 15 is 0 Å². The summed E-state index contributed by atoms with van der Waals surface area (Å²) in [4.78, 5) is 12.6. The Morgan fingerprint density at radius 1 is 1.75 bits per heavy atom. The van der Waals surface area contributed by atoms with Gasteiger partial charge in [-0.1, -0.05) is 0 Å². The van der Waals surface area contributed by atoms with Crippen molar-refractivity contribution in [2.45, 2.75) is 0 Å². The summed E-state index contributed by atoms with van der Waals surface area (Å²) in [7, 11) is -3.76. The van der Waals surface area contributed by atoms with E-state index in [1.807, 2.05) is 0 Å². The van der Waals surface area contributed by atoms with E-state index in [9.17, 15) is 4.57 Å². The van der Waals surface area contributed by atoms with Crippen molar-refractivity contribution in [2.24, 2.45) is 0 Å². The summed E-state index contributed by atoms with van der Waals surface area (Å²) in [6.07, 6.45) is 3.61. The second-order valence-corrected chi connectivity index (χ2v) is 3.81. The Morgan fingerprint density at radius 3 is 3.00 bits per heavy atom. The molecule has 7 heteroatoms. The van der Waals surface area contributed by atoms with E-state index in [0.29, 0.717) is 6.61 Å². The molecule has 1 aromatic rings. The molecule has 0 fully saturated rings. The lowest BCUT2D eigenvalue weighted by molar-refractivity contribution is 0.228. The molecule has 0 aliphatic rings. The van der Waals surface area contributed by atoms with Gasteiger partial charge in [-0.05, 0) is 0 Å². The lowest BCUT2D eigenvalue weighted by atomic mass is 10.9. The maximum Gasteiger partial charge on any atom is 0.398 e. The van der Waals surface area contributed by atoms with E-state index in [-0.39, 0.29) is 0 Å². The lowest BCUT2D eigenvalue weighted by Crippen LogP contribution is -2.08. The Labute approximate surface area is 68.9 Å². The molecule has 0 saturated carbocycles. The van der Waals surface area contributed by atoms with Crippen molar-refractivity contribution in [1.82, 2.24) is 9.71 Å². The van der Waals surface area contributed by atoms with Gasteiger partial charge < -0.3 is 14.6 Å². The summed E-state index contributed by atoms with van der Waals surface area (Å²) < 4.78 is 16.5. The highest BCUT2D eigenvalue weighted by atomic mass is 31.2. The van der Waals surface area contributed by atoms with Crippen molar-refractivity contribution in [3.05, 3.63) is 25.3 Å². The van der Waals surface area contributed by atoms with Crippen LogP contribution in [0.2, 0.25) is 0 Å². The monoisotopic (exact) mass is 191 g/mol. The fourth-order valence-electron chi connectivity index (χ4n) is 0.579. The van der Waals surface area contributed by atoms with Crippen molar-refractivity contribution in [1.29, 1.82) is 0 Å². The molecule has 67 valence electrons. The highest BCUT2D eigenvalue weighted by molar-refractivity contribution is 7.53. The van der Waals surface area contributed by atoms with E-state index in [0.717, 1.165) is 4.73 Å². The molecule has 0 aliphatic heterocycles. The van der Waals surface area contributed by atoms with Crippen LogP contribution in [0.4, 0.5) is 0 Å². The normalized spacial score (nSPS) is 15.5. The number of hydrogen-bond donors (Lipinski definition) is 2. The molecule has 0 aromatic carbocycles. The average molecular weight is 191 g/mol. The topological polar surface area (TPSA) is 84.6 Å². The molecule has 0 saturated heterocycles. The lowest BCUT2D eigenvalue weighted by Gasteiger charge is -2.10. The first-order valence-corrected chi connectivity index (χ1v) is 4.86. The number of aromatic nitrogens is 2. The molecule has 1 aromatic heterocycles. The molecule has 0 spiro atoms.